The van der Waals surface area contributed by atoms with E-state index in [2.05, 4.69) is 49.1 Å². The van der Waals surface area contributed by atoms with Crippen LogP contribution in [0.1, 0.15) is 43.6 Å². The maximum absolute atomic E-state index is 12.8. The molecule has 0 spiro atoms. The number of carbonyl (C=O) groups excluding carboxylic acids is 1. The fourth-order valence-electron chi connectivity index (χ4n) is 4.57. The van der Waals surface area contributed by atoms with Gasteiger partial charge in [0.1, 0.15) is 17.8 Å². The van der Waals surface area contributed by atoms with Crippen LogP contribution in [0.3, 0.4) is 0 Å². The Kier molecular flexibility index (Phi) is 8.03. The molecule has 3 N–H and O–H groups in total. The lowest BCUT2D eigenvalue weighted by molar-refractivity contribution is 0.0178. The van der Waals surface area contributed by atoms with Gasteiger partial charge in [0.05, 0.1) is 23.6 Å². The SMILES string of the molecule is CC(C)(C)[Si](C)(C)O[C@@H]1[C@H](O[PH](=O)O)[C@@H](CO)C[C@H]1n1ccc2c(NC(=O)c3ccccc3)ncnc21. The number of anilines is 1. The highest BCUT2D eigenvalue weighted by molar-refractivity contribution is 7.32. The molecule has 10 nitrogen and oxygen atoms in total. The second-order valence-electron chi connectivity index (χ2n) is 10.9. The lowest BCUT2D eigenvalue weighted by Gasteiger charge is -2.41. The van der Waals surface area contributed by atoms with Gasteiger partial charge in [0.15, 0.2) is 8.32 Å². The van der Waals surface area contributed by atoms with Crippen LogP contribution in [0.4, 0.5) is 5.82 Å². The van der Waals surface area contributed by atoms with Gasteiger partial charge < -0.3 is 28.8 Å². The zero-order valence-corrected chi connectivity index (χ0v) is 23.7. The van der Waals surface area contributed by atoms with Crippen molar-refractivity contribution in [1.29, 1.82) is 0 Å². The van der Waals surface area contributed by atoms with Gasteiger partial charge in [-0.2, -0.15) is 0 Å². The molecule has 1 aliphatic rings. The van der Waals surface area contributed by atoms with Crippen LogP contribution in [0, 0.1) is 5.92 Å². The van der Waals surface area contributed by atoms with E-state index in [1.165, 1.54) is 6.33 Å². The molecule has 2 heterocycles. The first-order valence-corrected chi connectivity index (χ1v) is 16.5. The van der Waals surface area contributed by atoms with Crippen molar-refractivity contribution in [2.75, 3.05) is 11.9 Å². The molecule has 1 saturated carbocycles. The van der Waals surface area contributed by atoms with Crippen LogP contribution in [0.25, 0.3) is 11.0 Å². The van der Waals surface area contributed by atoms with Gasteiger partial charge in [-0.1, -0.05) is 39.0 Å². The van der Waals surface area contributed by atoms with E-state index < -0.39 is 34.7 Å². The summed E-state index contributed by atoms with van der Waals surface area (Å²) in [5, 5.41) is 13.5. The number of aliphatic hydroxyl groups is 1. The number of fused-ring (bicyclic) bond motifs is 1. The van der Waals surface area contributed by atoms with Crippen LogP contribution in [0.5, 0.6) is 0 Å². The molecule has 12 heteroatoms. The summed E-state index contributed by atoms with van der Waals surface area (Å²) in [5.74, 6) is -0.294. The summed E-state index contributed by atoms with van der Waals surface area (Å²) in [6, 6.07) is 10.4. The second-order valence-corrected chi connectivity index (χ2v) is 16.5. The summed E-state index contributed by atoms with van der Waals surface area (Å²) in [7, 11) is -5.60. The Morgan fingerprint density at radius 2 is 1.89 bits per heavy atom. The second kappa shape index (κ2) is 10.8. The molecule has 0 aliphatic heterocycles. The Bertz CT molecular complexity index is 1280. The maximum atomic E-state index is 12.8. The highest BCUT2D eigenvalue weighted by Crippen LogP contribution is 2.47. The minimum absolute atomic E-state index is 0.111. The molecular weight excluding hydrogens is 511 g/mol. The normalized spacial score (nSPS) is 23.3. The molecule has 1 amide bonds. The lowest BCUT2D eigenvalue weighted by Crippen LogP contribution is -2.48. The largest absolute Gasteiger partial charge is 0.409 e. The Morgan fingerprint density at radius 1 is 1.19 bits per heavy atom. The molecule has 2 aromatic heterocycles. The first kappa shape index (κ1) is 27.6. The van der Waals surface area contributed by atoms with Gasteiger partial charge in [0.25, 0.3) is 5.91 Å². The molecule has 200 valence electrons. The number of rotatable bonds is 8. The van der Waals surface area contributed by atoms with Crippen molar-refractivity contribution in [3.8, 4) is 0 Å². The van der Waals surface area contributed by atoms with Crippen molar-refractivity contribution in [3.63, 3.8) is 0 Å². The molecule has 4 rings (SSSR count). The van der Waals surface area contributed by atoms with Crippen LogP contribution >= 0.6 is 8.25 Å². The summed E-state index contributed by atoms with van der Waals surface area (Å²) in [5.41, 5.74) is 1.10. The fourth-order valence-corrected chi connectivity index (χ4v) is 6.45. The molecule has 1 fully saturated rings. The van der Waals surface area contributed by atoms with E-state index in [0.717, 1.165) is 0 Å². The van der Waals surface area contributed by atoms with Gasteiger partial charge in [-0.25, -0.2) is 9.97 Å². The summed E-state index contributed by atoms with van der Waals surface area (Å²) in [6.45, 7) is 10.4. The number of aliphatic hydroxyl groups excluding tert-OH is 1. The quantitative estimate of drug-likeness (QED) is 0.280. The molecule has 0 bridgehead atoms. The zero-order chi connectivity index (χ0) is 27.0. The van der Waals surface area contributed by atoms with Gasteiger partial charge in [0, 0.05) is 24.3 Å². The average Bonchev–Trinajstić information content (AvgIpc) is 3.40. The molecule has 5 atom stereocenters. The molecule has 1 unspecified atom stereocenters. The van der Waals surface area contributed by atoms with E-state index >= 15 is 0 Å². The molecule has 0 radical (unpaired) electrons. The predicted molar refractivity (Wildman–Crippen MR) is 144 cm³/mol. The number of aromatic nitrogens is 3. The zero-order valence-electron chi connectivity index (χ0n) is 21.7. The minimum Gasteiger partial charge on any atom is -0.409 e. The van der Waals surface area contributed by atoms with Crippen LogP contribution in [0.2, 0.25) is 18.1 Å². The molecular formula is C25H35N4O6PSi. The van der Waals surface area contributed by atoms with Gasteiger partial charge in [-0.3, -0.25) is 9.36 Å². The lowest BCUT2D eigenvalue weighted by atomic mass is 10.1. The first-order valence-electron chi connectivity index (χ1n) is 12.3. The Morgan fingerprint density at radius 3 is 2.51 bits per heavy atom. The van der Waals surface area contributed by atoms with Crippen molar-refractivity contribution in [1.82, 2.24) is 14.5 Å². The van der Waals surface area contributed by atoms with Gasteiger partial charge in [-0.15, -0.1) is 0 Å². The van der Waals surface area contributed by atoms with Crippen LogP contribution in [0.15, 0.2) is 48.9 Å². The number of hydrogen-bond acceptors (Lipinski definition) is 7. The molecule has 0 saturated heterocycles. The minimum atomic E-state index is -3.27. The van der Waals surface area contributed by atoms with Gasteiger partial charge in [-0.05, 0) is 42.8 Å². The van der Waals surface area contributed by atoms with Crippen LogP contribution < -0.4 is 5.32 Å². The summed E-state index contributed by atoms with van der Waals surface area (Å²) in [4.78, 5) is 31.2. The van der Waals surface area contributed by atoms with Crippen molar-refractivity contribution >= 4 is 39.3 Å². The maximum Gasteiger partial charge on any atom is 0.316 e. The monoisotopic (exact) mass is 546 g/mol. The number of nitrogens with zero attached hydrogens (tertiary/aromatic N) is 3. The van der Waals surface area contributed by atoms with Crippen LogP contribution in [-0.4, -0.2) is 57.6 Å². The van der Waals surface area contributed by atoms with E-state index in [1.54, 1.807) is 24.3 Å². The number of hydrogen-bond donors (Lipinski definition) is 3. The number of carbonyl (C=O) groups is 1. The third-order valence-corrected chi connectivity index (χ3v) is 12.5. The van der Waals surface area contributed by atoms with Gasteiger partial charge >= 0.3 is 8.25 Å². The van der Waals surface area contributed by atoms with Crippen molar-refractivity contribution in [3.05, 3.63) is 54.5 Å². The molecule has 1 aliphatic carbocycles. The smallest absolute Gasteiger partial charge is 0.316 e. The summed E-state index contributed by atoms with van der Waals surface area (Å²) in [6.07, 6.45) is 2.38. The van der Waals surface area contributed by atoms with E-state index in [-0.39, 0.29) is 23.6 Å². The van der Waals surface area contributed by atoms with E-state index in [4.69, 9.17) is 8.95 Å². The summed E-state index contributed by atoms with van der Waals surface area (Å²) < 4.78 is 26.0. The summed E-state index contributed by atoms with van der Waals surface area (Å²) >= 11 is 0. The molecule has 37 heavy (non-hydrogen) atoms. The number of nitrogens with one attached hydrogen (secondary N) is 1. The van der Waals surface area contributed by atoms with E-state index in [0.29, 0.717) is 28.8 Å². The Balaban J connectivity index is 1.72. The highest BCUT2D eigenvalue weighted by atomic mass is 31.1. The Hall–Kier alpha value is -2.40. The van der Waals surface area contributed by atoms with E-state index in [1.807, 2.05) is 22.9 Å². The van der Waals surface area contributed by atoms with Gasteiger partial charge in [0.2, 0.25) is 0 Å². The predicted octanol–water partition coefficient (Wildman–Crippen LogP) is 4.39. The Labute approximate surface area is 218 Å². The third-order valence-electron chi connectivity index (χ3n) is 7.55. The van der Waals surface area contributed by atoms with Crippen molar-refractivity contribution < 1.29 is 28.3 Å². The van der Waals surface area contributed by atoms with E-state index in [9.17, 15) is 19.4 Å². The van der Waals surface area contributed by atoms with Crippen LogP contribution in [-0.2, 0) is 13.5 Å². The average molecular weight is 547 g/mol. The number of amides is 1. The first-order chi connectivity index (χ1) is 17.4. The van der Waals surface area contributed by atoms with Crippen molar-refractivity contribution in [2.45, 2.75) is 63.6 Å². The molecule has 1 aromatic carbocycles. The standard InChI is InChI=1S/C25H35N4O6PSi/c1-25(2,3)37(4,5)35-21-19(13-17(14-30)20(21)34-36(32)33)29-12-11-18-22(26-15-27-23(18)29)28-24(31)16-9-7-6-8-10-16/h6-12,15,17,19-21,30,36H,13-14H2,1-5H3,(H,32,33)(H,26,27,28,31)/t17-,19-,20-,21+/m1/s1. The topological polar surface area (TPSA) is 136 Å². The third kappa shape index (κ3) is 5.72. The number of benzene rings is 1. The van der Waals surface area contributed by atoms with Crippen molar-refractivity contribution in [2.24, 2.45) is 5.92 Å². The fraction of sp³-hybridized carbons (Fsp3) is 0.480. The molecule has 3 aromatic rings. The highest BCUT2D eigenvalue weighted by Gasteiger charge is 2.51.